The van der Waals surface area contributed by atoms with E-state index in [1.807, 2.05) is 24.7 Å². The average molecular weight is 270 g/mol. The van der Waals surface area contributed by atoms with Crippen LogP contribution < -0.4 is 5.73 Å². The van der Waals surface area contributed by atoms with E-state index >= 15 is 0 Å². The van der Waals surface area contributed by atoms with Crippen LogP contribution in [-0.2, 0) is 6.54 Å². The van der Waals surface area contributed by atoms with Crippen molar-refractivity contribution < 1.29 is 0 Å². The number of pyridine rings is 1. The van der Waals surface area contributed by atoms with E-state index < -0.39 is 0 Å². The zero-order chi connectivity index (χ0) is 13.8. The van der Waals surface area contributed by atoms with Gasteiger partial charge in [-0.25, -0.2) is 9.97 Å². The van der Waals surface area contributed by atoms with Gasteiger partial charge >= 0.3 is 0 Å². The van der Waals surface area contributed by atoms with Gasteiger partial charge in [-0.2, -0.15) is 0 Å². The Balaban J connectivity index is 1.64. The van der Waals surface area contributed by atoms with Crippen molar-refractivity contribution in [3.05, 3.63) is 30.9 Å². The number of nitrogens with zero attached hydrogens (tertiary/aromatic N) is 3. The number of hydrogen-bond donors (Lipinski definition) is 1. The maximum absolute atomic E-state index is 5.76. The zero-order valence-electron chi connectivity index (χ0n) is 11.8. The van der Waals surface area contributed by atoms with E-state index in [0.717, 1.165) is 23.7 Å². The summed E-state index contributed by atoms with van der Waals surface area (Å²) in [6, 6.07) is 3.89. The van der Waals surface area contributed by atoms with Crippen molar-refractivity contribution in [3.63, 3.8) is 0 Å². The van der Waals surface area contributed by atoms with Crippen molar-refractivity contribution in [2.24, 2.45) is 5.92 Å². The van der Waals surface area contributed by atoms with Crippen molar-refractivity contribution >= 4 is 5.82 Å². The molecule has 2 aromatic heterocycles. The predicted molar refractivity (Wildman–Crippen MR) is 81.1 cm³/mol. The van der Waals surface area contributed by atoms with Gasteiger partial charge in [0.2, 0.25) is 0 Å². The average Bonchev–Trinajstić information content (AvgIpc) is 3.10. The summed E-state index contributed by atoms with van der Waals surface area (Å²) in [5.74, 6) is 1.51. The normalized spacial score (nSPS) is 15.8. The maximum atomic E-state index is 5.76. The van der Waals surface area contributed by atoms with Crippen LogP contribution in [0.2, 0.25) is 0 Å². The minimum absolute atomic E-state index is 0.557. The lowest BCUT2D eigenvalue weighted by molar-refractivity contribution is 0.459. The van der Waals surface area contributed by atoms with E-state index in [4.69, 9.17) is 5.73 Å². The topological polar surface area (TPSA) is 56.7 Å². The minimum Gasteiger partial charge on any atom is -0.384 e. The lowest BCUT2D eigenvalue weighted by Gasteiger charge is -2.11. The van der Waals surface area contributed by atoms with Gasteiger partial charge in [0.1, 0.15) is 5.82 Å². The molecule has 0 unspecified atom stereocenters. The van der Waals surface area contributed by atoms with E-state index in [1.165, 1.54) is 38.5 Å². The largest absolute Gasteiger partial charge is 0.384 e. The van der Waals surface area contributed by atoms with E-state index in [9.17, 15) is 0 Å². The molecule has 0 saturated heterocycles. The molecule has 4 heteroatoms. The molecular weight excluding hydrogens is 248 g/mol. The molecule has 0 radical (unpaired) electrons. The molecular formula is C16H22N4. The first-order valence-corrected chi connectivity index (χ1v) is 7.55. The van der Waals surface area contributed by atoms with Crippen molar-refractivity contribution in [1.82, 2.24) is 14.5 Å². The van der Waals surface area contributed by atoms with Crippen molar-refractivity contribution in [2.45, 2.75) is 45.1 Å². The molecule has 3 rings (SSSR count). The third kappa shape index (κ3) is 3.00. The van der Waals surface area contributed by atoms with Crippen LogP contribution in [0, 0.1) is 5.92 Å². The van der Waals surface area contributed by atoms with Crippen LogP contribution in [0.5, 0.6) is 0 Å². The van der Waals surface area contributed by atoms with E-state index in [1.54, 1.807) is 6.20 Å². The molecule has 106 valence electrons. The number of nitrogen functional groups attached to an aromatic ring is 1. The number of anilines is 1. The SMILES string of the molecule is Nc1cc(-c2cncn2CCCC2CCCC2)ccn1. The van der Waals surface area contributed by atoms with Crippen LogP contribution in [0.15, 0.2) is 30.9 Å². The van der Waals surface area contributed by atoms with Crippen LogP contribution in [0.25, 0.3) is 11.3 Å². The summed E-state index contributed by atoms with van der Waals surface area (Å²) in [6.07, 6.45) is 13.9. The van der Waals surface area contributed by atoms with Gasteiger partial charge < -0.3 is 10.3 Å². The predicted octanol–water partition coefficient (Wildman–Crippen LogP) is 3.50. The number of aromatic nitrogens is 3. The second-order valence-electron chi connectivity index (χ2n) is 5.73. The molecule has 0 aliphatic heterocycles. The molecule has 20 heavy (non-hydrogen) atoms. The highest BCUT2D eigenvalue weighted by Crippen LogP contribution is 2.29. The maximum Gasteiger partial charge on any atom is 0.123 e. The summed E-state index contributed by atoms with van der Waals surface area (Å²) in [5, 5.41) is 0. The Bertz CT molecular complexity index is 555. The number of aryl methyl sites for hydroxylation is 1. The molecule has 0 bridgehead atoms. The van der Waals surface area contributed by atoms with Gasteiger partial charge in [-0.3, -0.25) is 0 Å². The first-order valence-electron chi connectivity index (χ1n) is 7.55. The summed E-state index contributed by atoms with van der Waals surface area (Å²) in [4.78, 5) is 8.32. The second-order valence-corrected chi connectivity index (χ2v) is 5.73. The Hall–Kier alpha value is -1.84. The van der Waals surface area contributed by atoms with E-state index in [-0.39, 0.29) is 0 Å². The summed E-state index contributed by atoms with van der Waals surface area (Å²) < 4.78 is 2.23. The molecule has 0 aromatic carbocycles. The molecule has 2 heterocycles. The van der Waals surface area contributed by atoms with Crippen LogP contribution in [-0.4, -0.2) is 14.5 Å². The van der Waals surface area contributed by atoms with Crippen LogP contribution >= 0.6 is 0 Å². The first kappa shape index (κ1) is 13.2. The van der Waals surface area contributed by atoms with E-state index in [2.05, 4.69) is 14.5 Å². The lowest BCUT2D eigenvalue weighted by atomic mass is 10.0. The summed E-state index contributed by atoms with van der Waals surface area (Å²) in [5.41, 5.74) is 7.98. The fourth-order valence-corrected chi connectivity index (χ4v) is 3.20. The highest BCUT2D eigenvalue weighted by molar-refractivity contribution is 5.61. The zero-order valence-corrected chi connectivity index (χ0v) is 11.8. The standard InChI is InChI=1S/C16H22N4/c17-16-10-14(7-8-19-16)15-11-18-12-20(15)9-3-6-13-4-1-2-5-13/h7-8,10-13H,1-6,9H2,(H2,17,19). The van der Waals surface area contributed by atoms with Gasteiger partial charge in [-0.1, -0.05) is 25.7 Å². The van der Waals surface area contributed by atoms with Crippen molar-refractivity contribution in [3.8, 4) is 11.3 Å². The molecule has 2 aromatic rings. The summed E-state index contributed by atoms with van der Waals surface area (Å²) >= 11 is 0. The van der Waals surface area contributed by atoms with Crippen molar-refractivity contribution in [1.29, 1.82) is 0 Å². The molecule has 0 amide bonds. The molecule has 1 aliphatic carbocycles. The van der Waals surface area contributed by atoms with Gasteiger partial charge in [-0.05, 0) is 30.9 Å². The molecule has 0 spiro atoms. The van der Waals surface area contributed by atoms with Crippen molar-refractivity contribution in [2.75, 3.05) is 5.73 Å². The smallest absolute Gasteiger partial charge is 0.123 e. The second kappa shape index (κ2) is 6.07. The van der Waals surface area contributed by atoms with E-state index in [0.29, 0.717) is 5.82 Å². The monoisotopic (exact) mass is 270 g/mol. The van der Waals surface area contributed by atoms with Gasteiger partial charge in [0, 0.05) is 18.3 Å². The van der Waals surface area contributed by atoms with Crippen LogP contribution in [0.3, 0.4) is 0 Å². The molecule has 0 atom stereocenters. The Kier molecular flexibility index (Phi) is 4.00. The molecule has 2 N–H and O–H groups in total. The van der Waals surface area contributed by atoms with Crippen LogP contribution in [0.4, 0.5) is 5.82 Å². The molecule has 1 fully saturated rings. The number of rotatable bonds is 5. The fourth-order valence-electron chi connectivity index (χ4n) is 3.20. The molecule has 4 nitrogen and oxygen atoms in total. The Morgan fingerprint density at radius 1 is 1.30 bits per heavy atom. The first-order chi connectivity index (χ1) is 9.83. The number of nitrogens with two attached hydrogens (primary N) is 1. The highest BCUT2D eigenvalue weighted by atomic mass is 15.0. The van der Waals surface area contributed by atoms with Gasteiger partial charge in [0.15, 0.2) is 0 Å². The molecule has 1 aliphatic rings. The highest BCUT2D eigenvalue weighted by Gasteiger charge is 2.14. The Labute approximate surface area is 120 Å². The minimum atomic E-state index is 0.557. The van der Waals surface area contributed by atoms with Crippen LogP contribution in [0.1, 0.15) is 38.5 Å². The fraction of sp³-hybridized carbons (Fsp3) is 0.500. The quantitative estimate of drug-likeness (QED) is 0.904. The van der Waals surface area contributed by atoms with Gasteiger partial charge in [0.25, 0.3) is 0 Å². The van der Waals surface area contributed by atoms with Gasteiger partial charge in [-0.15, -0.1) is 0 Å². The van der Waals surface area contributed by atoms with Gasteiger partial charge in [0.05, 0.1) is 18.2 Å². The third-order valence-corrected chi connectivity index (χ3v) is 4.28. The number of hydrogen-bond acceptors (Lipinski definition) is 3. The summed E-state index contributed by atoms with van der Waals surface area (Å²) in [6.45, 7) is 1.04. The third-order valence-electron chi connectivity index (χ3n) is 4.28. The number of imidazole rings is 1. The molecule has 1 saturated carbocycles. The lowest BCUT2D eigenvalue weighted by Crippen LogP contribution is -2.02. The Morgan fingerprint density at radius 2 is 2.15 bits per heavy atom. The summed E-state index contributed by atoms with van der Waals surface area (Å²) in [7, 11) is 0. The Morgan fingerprint density at radius 3 is 2.95 bits per heavy atom.